The summed E-state index contributed by atoms with van der Waals surface area (Å²) >= 11 is 0. The van der Waals surface area contributed by atoms with Gasteiger partial charge in [-0.15, -0.1) is 0 Å². The highest BCUT2D eigenvalue weighted by Gasteiger charge is 2.22. The molecule has 1 aliphatic carbocycles. The van der Waals surface area contributed by atoms with Crippen molar-refractivity contribution in [2.45, 2.75) is 0 Å². The lowest BCUT2D eigenvalue weighted by Crippen LogP contribution is -1.99. The van der Waals surface area contributed by atoms with Crippen molar-refractivity contribution in [3.63, 3.8) is 0 Å². The Balaban J connectivity index is 2.03. The molecule has 0 saturated carbocycles. The zero-order valence-corrected chi connectivity index (χ0v) is 11.4. The van der Waals surface area contributed by atoms with Crippen molar-refractivity contribution in [3.05, 3.63) is 59.7 Å². The van der Waals surface area contributed by atoms with Gasteiger partial charge < -0.3 is 9.15 Å². The Morgan fingerprint density at radius 3 is 2.76 bits per heavy atom. The van der Waals surface area contributed by atoms with Crippen molar-refractivity contribution in [2.24, 2.45) is 0 Å². The standard InChI is InChI=1S/C18H12O3/c1-20-12-5-2-4-11(10-12)18-14-8-9-15(19)13-6-3-7-16(21-18)17(13)14/h2-10H,1H3. The van der Waals surface area contributed by atoms with Crippen molar-refractivity contribution in [2.75, 3.05) is 7.11 Å². The smallest absolute Gasteiger partial charge is 0.186 e. The largest absolute Gasteiger partial charge is 0.497 e. The maximum Gasteiger partial charge on any atom is 0.186 e. The second kappa shape index (κ2) is 4.35. The van der Waals surface area contributed by atoms with Crippen LogP contribution in [0.5, 0.6) is 5.75 Å². The molecule has 0 N–H and O–H groups in total. The molecule has 1 heterocycles. The van der Waals surface area contributed by atoms with Crippen molar-refractivity contribution >= 4 is 22.8 Å². The number of furan rings is 1. The summed E-state index contributed by atoms with van der Waals surface area (Å²) in [6.07, 6.45) is 3.42. The molecule has 21 heavy (non-hydrogen) atoms. The van der Waals surface area contributed by atoms with Crippen LogP contribution < -0.4 is 4.74 Å². The molecule has 0 unspecified atom stereocenters. The van der Waals surface area contributed by atoms with Crippen LogP contribution in [0.25, 0.3) is 28.4 Å². The molecule has 4 rings (SSSR count). The summed E-state index contributed by atoms with van der Waals surface area (Å²) < 4.78 is 11.3. The number of carbonyl (C=O) groups is 1. The van der Waals surface area contributed by atoms with Gasteiger partial charge in [0.1, 0.15) is 17.1 Å². The Kier molecular flexibility index (Phi) is 2.48. The first-order chi connectivity index (χ1) is 10.3. The number of ketones is 1. The van der Waals surface area contributed by atoms with Gasteiger partial charge in [0.2, 0.25) is 0 Å². The van der Waals surface area contributed by atoms with Gasteiger partial charge in [0.05, 0.1) is 7.11 Å². The summed E-state index contributed by atoms with van der Waals surface area (Å²) in [5.74, 6) is 1.56. The summed E-state index contributed by atoms with van der Waals surface area (Å²) in [6, 6.07) is 13.3. The molecule has 0 saturated heterocycles. The van der Waals surface area contributed by atoms with E-state index in [-0.39, 0.29) is 5.78 Å². The number of allylic oxidation sites excluding steroid dienone is 1. The molecule has 0 aliphatic heterocycles. The van der Waals surface area contributed by atoms with Crippen LogP contribution >= 0.6 is 0 Å². The Morgan fingerprint density at radius 2 is 1.90 bits per heavy atom. The maximum absolute atomic E-state index is 12.0. The summed E-state index contributed by atoms with van der Waals surface area (Å²) in [5, 5.41) is 0.891. The van der Waals surface area contributed by atoms with E-state index >= 15 is 0 Å². The number of methoxy groups -OCH3 is 1. The van der Waals surface area contributed by atoms with Crippen molar-refractivity contribution in [1.82, 2.24) is 0 Å². The van der Waals surface area contributed by atoms with Gasteiger partial charge in [0.25, 0.3) is 0 Å². The fourth-order valence-electron chi connectivity index (χ4n) is 2.76. The van der Waals surface area contributed by atoms with Crippen LogP contribution in [0.2, 0.25) is 0 Å². The van der Waals surface area contributed by atoms with Gasteiger partial charge >= 0.3 is 0 Å². The maximum atomic E-state index is 12.0. The van der Waals surface area contributed by atoms with Crippen molar-refractivity contribution < 1.29 is 13.9 Å². The molecule has 102 valence electrons. The van der Waals surface area contributed by atoms with E-state index in [0.717, 1.165) is 33.6 Å². The second-order valence-corrected chi connectivity index (χ2v) is 4.95. The summed E-state index contributed by atoms with van der Waals surface area (Å²) in [6.45, 7) is 0. The van der Waals surface area contributed by atoms with E-state index in [1.807, 2.05) is 48.5 Å². The van der Waals surface area contributed by atoms with Gasteiger partial charge in [-0.05, 0) is 30.4 Å². The van der Waals surface area contributed by atoms with Crippen LogP contribution in [-0.2, 0) is 0 Å². The molecule has 3 aromatic rings. The SMILES string of the molecule is COc1cccc(-c2oc3cccc4c3c2C=CC4=O)c1. The van der Waals surface area contributed by atoms with E-state index < -0.39 is 0 Å². The topological polar surface area (TPSA) is 39.4 Å². The Labute approximate surface area is 121 Å². The fourth-order valence-corrected chi connectivity index (χ4v) is 2.76. The Morgan fingerprint density at radius 1 is 1.05 bits per heavy atom. The van der Waals surface area contributed by atoms with E-state index in [1.165, 1.54) is 0 Å². The highest BCUT2D eigenvalue weighted by molar-refractivity contribution is 6.20. The number of carbonyl (C=O) groups excluding carboxylic acids is 1. The lowest BCUT2D eigenvalue weighted by molar-refractivity contribution is 0.104. The Bertz CT molecular complexity index is 900. The van der Waals surface area contributed by atoms with Crippen LogP contribution in [0.1, 0.15) is 15.9 Å². The molecule has 2 aromatic carbocycles. The summed E-state index contributed by atoms with van der Waals surface area (Å²) in [5.41, 5.74) is 3.32. The Hall–Kier alpha value is -2.81. The van der Waals surface area contributed by atoms with Gasteiger partial charge in [-0.1, -0.05) is 24.3 Å². The lowest BCUT2D eigenvalue weighted by Gasteiger charge is -2.06. The summed E-state index contributed by atoms with van der Waals surface area (Å²) in [4.78, 5) is 12.0. The number of benzene rings is 2. The van der Waals surface area contributed by atoms with E-state index in [1.54, 1.807) is 13.2 Å². The quantitative estimate of drug-likeness (QED) is 0.699. The number of rotatable bonds is 2. The predicted octanol–water partition coefficient (Wildman–Crippen LogP) is 4.32. The van der Waals surface area contributed by atoms with Crippen molar-refractivity contribution in [1.29, 1.82) is 0 Å². The second-order valence-electron chi connectivity index (χ2n) is 4.95. The van der Waals surface area contributed by atoms with Crippen LogP contribution in [-0.4, -0.2) is 12.9 Å². The normalized spacial score (nSPS) is 12.9. The average Bonchev–Trinajstić information content (AvgIpc) is 2.91. The van der Waals surface area contributed by atoms with E-state index in [9.17, 15) is 4.79 Å². The third-order valence-corrected chi connectivity index (χ3v) is 3.75. The first-order valence-electron chi connectivity index (χ1n) is 6.70. The minimum Gasteiger partial charge on any atom is -0.497 e. The van der Waals surface area contributed by atoms with Gasteiger partial charge in [0, 0.05) is 22.1 Å². The van der Waals surface area contributed by atoms with Crippen LogP contribution in [0.15, 0.2) is 53.0 Å². The molecule has 0 bridgehead atoms. The van der Waals surface area contributed by atoms with Gasteiger partial charge in [-0.3, -0.25) is 4.79 Å². The monoisotopic (exact) mass is 276 g/mol. The fraction of sp³-hybridized carbons (Fsp3) is 0.0556. The molecule has 0 amide bonds. The van der Waals surface area contributed by atoms with E-state index in [2.05, 4.69) is 0 Å². The molecule has 0 fully saturated rings. The molecular weight excluding hydrogens is 264 g/mol. The zero-order chi connectivity index (χ0) is 14.4. The van der Waals surface area contributed by atoms with Crippen LogP contribution in [0.4, 0.5) is 0 Å². The molecule has 0 spiro atoms. The van der Waals surface area contributed by atoms with Crippen LogP contribution in [0, 0.1) is 0 Å². The van der Waals surface area contributed by atoms with E-state index in [0.29, 0.717) is 5.56 Å². The third-order valence-electron chi connectivity index (χ3n) is 3.75. The number of hydrogen-bond acceptors (Lipinski definition) is 3. The van der Waals surface area contributed by atoms with E-state index in [4.69, 9.17) is 9.15 Å². The molecular formula is C18H12O3. The minimum atomic E-state index is 0.0195. The highest BCUT2D eigenvalue weighted by Crippen LogP contribution is 2.39. The molecule has 1 aromatic heterocycles. The van der Waals surface area contributed by atoms with Crippen LogP contribution in [0.3, 0.4) is 0 Å². The van der Waals surface area contributed by atoms with Crippen molar-refractivity contribution in [3.8, 4) is 17.1 Å². The average molecular weight is 276 g/mol. The molecule has 3 heteroatoms. The van der Waals surface area contributed by atoms with Gasteiger partial charge in [-0.2, -0.15) is 0 Å². The molecule has 3 nitrogen and oxygen atoms in total. The first kappa shape index (κ1) is 12.0. The zero-order valence-electron chi connectivity index (χ0n) is 11.4. The minimum absolute atomic E-state index is 0.0195. The first-order valence-corrected chi connectivity index (χ1v) is 6.70. The molecule has 0 atom stereocenters. The highest BCUT2D eigenvalue weighted by atomic mass is 16.5. The number of hydrogen-bond donors (Lipinski definition) is 0. The third kappa shape index (κ3) is 1.71. The predicted molar refractivity (Wildman–Crippen MR) is 81.6 cm³/mol. The lowest BCUT2D eigenvalue weighted by atomic mass is 9.95. The van der Waals surface area contributed by atoms with Gasteiger partial charge in [0.15, 0.2) is 5.78 Å². The number of ether oxygens (including phenoxy) is 1. The molecule has 0 radical (unpaired) electrons. The molecule has 1 aliphatic rings. The summed E-state index contributed by atoms with van der Waals surface area (Å²) in [7, 11) is 1.64. The van der Waals surface area contributed by atoms with Gasteiger partial charge in [-0.25, -0.2) is 0 Å².